The first kappa shape index (κ1) is 19.4. The maximum absolute atomic E-state index is 12.4. The standard InChI is InChI=1S/C20H14F3N3O.CH4/c1-13-10-16(27-20(21,22)23)4-5-17(13)19-6-2-14-11-15(3-7-18(14)25-19)26-9-8-24-12-26;/h2-12H,1H3;1H4. The molecule has 0 aliphatic carbocycles. The third-order valence-electron chi connectivity index (χ3n) is 4.18. The van der Waals surface area contributed by atoms with E-state index in [-0.39, 0.29) is 13.2 Å². The van der Waals surface area contributed by atoms with Crippen LogP contribution in [0.4, 0.5) is 13.2 Å². The first-order valence-corrected chi connectivity index (χ1v) is 8.15. The summed E-state index contributed by atoms with van der Waals surface area (Å²) in [7, 11) is 0. The van der Waals surface area contributed by atoms with Gasteiger partial charge in [-0.05, 0) is 55.0 Å². The molecular formula is C21H18F3N3O. The maximum Gasteiger partial charge on any atom is 0.573 e. The highest BCUT2D eigenvalue weighted by molar-refractivity contribution is 5.84. The highest BCUT2D eigenvalue weighted by atomic mass is 19.4. The number of aromatic nitrogens is 3. The Morgan fingerprint density at radius 1 is 1.00 bits per heavy atom. The summed E-state index contributed by atoms with van der Waals surface area (Å²) in [6.07, 6.45) is 0.580. The number of pyridine rings is 1. The number of benzene rings is 2. The van der Waals surface area contributed by atoms with Crippen LogP contribution in [0.15, 0.2) is 67.3 Å². The predicted octanol–water partition coefficient (Wildman–Crippen LogP) is 5.93. The molecule has 0 radical (unpaired) electrons. The van der Waals surface area contributed by atoms with E-state index in [2.05, 4.69) is 14.7 Å². The molecule has 0 aliphatic heterocycles. The van der Waals surface area contributed by atoms with Gasteiger partial charge >= 0.3 is 6.36 Å². The molecule has 0 atom stereocenters. The smallest absolute Gasteiger partial charge is 0.406 e. The van der Waals surface area contributed by atoms with Crippen molar-refractivity contribution in [3.63, 3.8) is 0 Å². The number of rotatable bonds is 3. The Morgan fingerprint density at radius 3 is 2.50 bits per heavy atom. The Bertz CT molecular complexity index is 1110. The van der Waals surface area contributed by atoms with Crippen LogP contribution < -0.4 is 4.74 Å². The number of halogens is 3. The van der Waals surface area contributed by atoms with Gasteiger partial charge in [0.1, 0.15) is 5.75 Å². The molecule has 0 bridgehead atoms. The summed E-state index contributed by atoms with van der Waals surface area (Å²) in [5, 5.41) is 0.958. The fraction of sp³-hybridized carbons (Fsp3) is 0.143. The van der Waals surface area contributed by atoms with Crippen molar-refractivity contribution in [2.75, 3.05) is 0 Å². The molecule has 0 N–H and O–H groups in total. The third-order valence-corrected chi connectivity index (χ3v) is 4.18. The van der Waals surface area contributed by atoms with Crippen molar-refractivity contribution >= 4 is 10.9 Å². The van der Waals surface area contributed by atoms with Crippen LogP contribution in [0.2, 0.25) is 0 Å². The summed E-state index contributed by atoms with van der Waals surface area (Å²) < 4.78 is 43.0. The van der Waals surface area contributed by atoms with Crippen LogP contribution in [-0.2, 0) is 0 Å². The molecule has 4 nitrogen and oxygen atoms in total. The molecule has 0 fully saturated rings. The lowest BCUT2D eigenvalue weighted by Gasteiger charge is -2.12. The Kier molecular flexibility index (Phi) is 5.09. The van der Waals surface area contributed by atoms with Gasteiger partial charge in [0, 0.05) is 29.0 Å². The van der Waals surface area contributed by atoms with Crippen LogP contribution in [0.3, 0.4) is 0 Å². The lowest BCUT2D eigenvalue weighted by molar-refractivity contribution is -0.274. The van der Waals surface area contributed by atoms with Crippen molar-refractivity contribution in [3.05, 3.63) is 72.8 Å². The molecule has 0 amide bonds. The van der Waals surface area contributed by atoms with Crippen molar-refractivity contribution in [2.24, 2.45) is 0 Å². The largest absolute Gasteiger partial charge is 0.573 e. The van der Waals surface area contributed by atoms with E-state index >= 15 is 0 Å². The third kappa shape index (κ3) is 3.98. The minimum Gasteiger partial charge on any atom is -0.406 e. The van der Waals surface area contributed by atoms with Crippen molar-refractivity contribution in [1.29, 1.82) is 0 Å². The van der Waals surface area contributed by atoms with Crippen LogP contribution in [-0.4, -0.2) is 20.9 Å². The number of nitrogens with zero attached hydrogens (tertiary/aromatic N) is 3. The van der Waals surface area contributed by atoms with Gasteiger partial charge in [-0.25, -0.2) is 9.97 Å². The topological polar surface area (TPSA) is 39.9 Å². The van der Waals surface area contributed by atoms with E-state index in [9.17, 15) is 13.2 Å². The number of imidazole rings is 1. The Labute approximate surface area is 160 Å². The zero-order valence-corrected chi connectivity index (χ0v) is 14.2. The lowest BCUT2D eigenvalue weighted by atomic mass is 10.0. The molecule has 7 heteroatoms. The van der Waals surface area contributed by atoms with Gasteiger partial charge in [0.15, 0.2) is 0 Å². The van der Waals surface area contributed by atoms with Crippen molar-refractivity contribution in [1.82, 2.24) is 14.5 Å². The van der Waals surface area contributed by atoms with Crippen molar-refractivity contribution in [3.8, 4) is 22.7 Å². The summed E-state index contributed by atoms with van der Waals surface area (Å²) in [4.78, 5) is 8.68. The molecule has 0 aliphatic rings. The minimum absolute atomic E-state index is 0. The fourth-order valence-electron chi connectivity index (χ4n) is 2.96. The molecule has 0 saturated heterocycles. The average Bonchev–Trinajstić information content (AvgIpc) is 3.14. The van der Waals surface area contributed by atoms with E-state index in [1.807, 2.05) is 41.1 Å². The molecule has 144 valence electrons. The second-order valence-electron chi connectivity index (χ2n) is 6.07. The summed E-state index contributed by atoms with van der Waals surface area (Å²) in [6.45, 7) is 1.73. The fourth-order valence-corrected chi connectivity index (χ4v) is 2.96. The van der Waals surface area contributed by atoms with E-state index in [1.165, 1.54) is 12.1 Å². The summed E-state index contributed by atoms with van der Waals surface area (Å²) in [6, 6.07) is 13.9. The molecule has 2 aromatic carbocycles. The second kappa shape index (κ2) is 7.34. The predicted molar refractivity (Wildman–Crippen MR) is 102 cm³/mol. The molecule has 0 saturated carbocycles. The van der Waals surface area contributed by atoms with Gasteiger partial charge in [0.05, 0.1) is 17.5 Å². The van der Waals surface area contributed by atoms with Gasteiger partial charge in [0.25, 0.3) is 0 Å². The number of ether oxygens (including phenoxy) is 1. The molecule has 4 rings (SSSR count). The van der Waals surface area contributed by atoms with Gasteiger partial charge < -0.3 is 9.30 Å². The Morgan fingerprint density at radius 2 is 1.82 bits per heavy atom. The van der Waals surface area contributed by atoms with Crippen molar-refractivity contribution < 1.29 is 17.9 Å². The van der Waals surface area contributed by atoms with E-state index in [4.69, 9.17) is 0 Å². The molecule has 2 aromatic heterocycles. The first-order valence-electron chi connectivity index (χ1n) is 8.15. The highest BCUT2D eigenvalue weighted by Crippen LogP contribution is 2.30. The zero-order chi connectivity index (χ0) is 19.0. The molecule has 4 aromatic rings. The van der Waals surface area contributed by atoms with Gasteiger partial charge in [-0.2, -0.15) is 0 Å². The minimum atomic E-state index is -4.71. The molecule has 2 heterocycles. The van der Waals surface area contributed by atoms with Crippen molar-refractivity contribution in [2.45, 2.75) is 20.7 Å². The molecule has 28 heavy (non-hydrogen) atoms. The normalized spacial score (nSPS) is 11.3. The highest BCUT2D eigenvalue weighted by Gasteiger charge is 2.31. The summed E-state index contributed by atoms with van der Waals surface area (Å²) >= 11 is 0. The number of alkyl halides is 3. The monoisotopic (exact) mass is 385 g/mol. The lowest BCUT2D eigenvalue weighted by Crippen LogP contribution is -2.17. The van der Waals surface area contributed by atoms with Crippen LogP contribution in [0.1, 0.15) is 13.0 Å². The summed E-state index contributed by atoms with van der Waals surface area (Å²) in [5.41, 5.74) is 3.86. The van der Waals surface area contributed by atoms with Gasteiger partial charge in [-0.3, -0.25) is 0 Å². The van der Waals surface area contributed by atoms with Gasteiger partial charge in [-0.15, -0.1) is 13.2 Å². The number of fused-ring (bicyclic) bond motifs is 1. The van der Waals surface area contributed by atoms with E-state index in [1.54, 1.807) is 25.5 Å². The second-order valence-corrected chi connectivity index (χ2v) is 6.07. The quantitative estimate of drug-likeness (QED) is 0.439. The van der Waals surface area contributed by atoms with Gasteiger partial charge in [0.2, 0.25) is 0 Å². The van der Waals surface area contributed by atoms with Gasteiger partial charge in [-0.1, -0.05) is 13.5 Å². The van der Waals surface area contributed by atoms with E-state index in [0.29, 0.717) is 11.3 Å². The van der Waals surface area contributed by atoms with Crippen LogP contribution >= 0.6 is 0 Å². The Balaban J connectivity index is 0.00000225. The molecule has 0 unspecified atom stereocenters. The number of hydrogen-bond acceptors (Lipinski definition) is 3. The molecule has 0 spiro atoms. The first-order chi connectivity index (χ1) is 12.9. The maximum atomic E-state index is 12.4. The van der Waals surface area contributed by atoms with E-state index in [0.717, 1.165) is 22.2 Å². The Hall–Kier alpha value is -3.35. The van der Waals surface area contributed by atoms with Crippen LogP contribution in [0.25, 0.3) is 27.8 Å². The van der Waals surface area contributed by atoms with E-state index < -0.39 is 6.36 Å². The van der Waals surface area contributed by atoms with Crippen LogP contribution in [0, 0.1) is 6.92 Å². The summed E-state index contributed by atoms with van der Waals surface area (Å²) in [5.74, 6) is -0.241. The average molecular weight is 385 g/mol. The molecular weight excluding hydrogens is 367 g/mol. The van der Waals surface area contributed by atoms with Crippen LogP contribution in [0.5, 0.6) is 5.75 Å². The number of aryl methyl sites for hydroxylation is 1. The SMILES string of the molecule is C.Cc1cc(OC(F)(F)F)ccc1-c1ccc2cc(-n3ccnc3)ccc2n1. The zero-order valence-electron chi connectivity index (χ0n) is 14.2. The number of hydrogen-bond donors (Lipinski definition) is 0.